The minimum Gasteiger partial charge on any atom is -0.370 e. The van der Waals surface area contributed by atoms with Crippen molar-refractivity contribution in [3.05, 3.63) is 42.0 Å². The van der Waals surface area contributed by atoms with Crippen molar-refractivity contribution in [1.29, 1.82) is 0 Å². The Morgan fingerprint density at radius 1 is 1.23 bits per heavy atom. The highest BCUT2D eigenvalue weighted by Crippen LogP contribution is 2.22. The van der Waals surface area contributed by atoms with E-state index in [1.165, 1.54) is 15.9 Å². The zero-order valence-corrected chi connectivity index (χ0v) is 17.5. The summed E-state index contributed by atoms with van der Waals surface area (Å²) in [5, 5.41) is 18.9. The summed E-state index contributed by atoms with van der Waals surface area (Å²) in [7, 11) is 0. The second-order valence-electron chi connectivity index (χ2n) is 7.69. The molecule has 9 nitrogen and oxygen atoms in total. The molecule has 1 amide bonds. The molecule has 0 unspecified atom stereocenters. The molecule has 30 heavy (non-hydrogen) atoms. The summed E-state index contributed by atoms with van der Waals surface area (Å²) in [4.78, 5) is 17.1. The van der Waals surface area contributed by atoms with Crippen LogP contribution in [0.15, 0.2) is 36.4 Å². The molecule has 158 valence electrons. The number of piperidine rings is 1. The number of benzene rings is 1. The number of aromatic nitrogens is 5. The first-order valence-corrected chi connectivity index (χ1v) is 10.5. The second kappa shape index (κ2) is 9.06. The topological polar surface area (TPSA) is 91.5 Å². The lowest BCUT2D eigenvalue weighted by molar-refractivity contribution is -0.125. The van der Waals surface area contributed by atoms with E-state index < -0.39 is 0 Å². The van der Waals surface area contributed by atoms with Crippen LogP contribution in [0.1, 0.15) is 25.3 Å². The van der Waals surface area contributed by atoms with Gasteiger partial charge in [0.05, 0.1) is 0 Å². The SMILES string of the molecule is CCN(CCNC(=O)C1CCN(c2ccc3nnnn3n2)CC1)c1cccc(C)c1. The number of fused-ring (bicyclic) bond motifs is 1. The Morgan fingerprint density at radius 2 is 2.07 bits per heavy atom. The molecule has 0 atom stereocenters. The summed E-state index contributed by atoms with van der Waals surface area (Å²) in [6.07, 6.45) is 1.63. The number of nitrogens with one attached hydrogen (secondary N) is 1. The van der Waals surface area contributed by atoms with E-state index in [1.807, 2.05) is 12.1 Å². The fourth-order valence-electron chi connectivity index (χ4n) is 3.93. The van der Waals surface area contributed by atoms with Crippen molar-refractivity contribution in [2.24, 2.45) is 5.92 Å². The molecule has 0 bridgehead atoms. The van der Waals surface area contributed by atoms with Gasteiger partial charge in [-0.3, -0.25) is 4.79 Å². The van der Waals surface area contributed by atoms with Crippen molar-refractivity contribution >= 4 is 23.1 Å². The highest BCUT2D eigenvalue weighted by molar-refractivity contribution is 5.79. The number of likely N-dealkylation sites (N-methyl/N-ethyl adjacent to an activating group) is 1. The third kappa shape index (κ3) is 4.50. The number of hydrogen-bond donors (Lipinski definition) is 1. The van der Waals surface area contributed by atoms with E-state index in [0.717, 1.165) is 44.8 Å². The van der Waals surface area contributed by atoms with Gasteiger partial charge in [0.25, 0.3) is 0 Å². The normalized spacial score (nSPS) is 14.8. The highest BCUT2D eigenvalue weighted by atomic mass is 16.1. The van der Waals surface area contributed by atoms with Gasteiger partial charge in [-0.1, -0.05) is 12.1 Å². The third-order valence-corrected chi connectivity index (χ3v) is 5.67. The van der Waals surface area contributed by atoms with E-state index in [1.54, 1.807) is 0 Å². The van der Waals surface area contributed by atoms with Crippen molar-refractivity contribution in [3.63, 3.8) is 0 Å². The first kappa shape index (κ1) is 20.1. The number of tetrazole rings is 1. The van der Waals surface area contributed by atoms with Crippen LogP contribution in [-0.4, -0.2) is 63.9 Å². The Morgan fingerprint density at radius 3 is 2.83 bits per heavy atom. The summed E-state index contributed by atoms with van der Waals surface area (Å²) in [6.45, 7) is 8.20. The lowest BCUT2D eigenvalue weighted by Crippen LogP contribution is -2.43. The third-order valence-electron chi connectivity index (χ3n) is 5.67. The van der Waals surface area contributed by atoms with Gasteiger partial charge in [0.15, 0.2) is 11.5 Å². The Hall–Kier alpha value is -3.23. The van der Waals surface area contributed by atoms with Crippen molar-refractivity contribution in [3.8, 4) is 0 Å². The molecule has 2 aromatic heterocycles. The minimum absolute atomic E-state index is 0.0482. The number of anilines is 2. The van der Waals surface area contributed by atoms with Crippen LogP contribution in [-0.2, 0) is 4.79 Å². The van der Waals surface area contributed by atoms with E-state index in [9.17, 15) is 4.79 Å². The Bertz CT molecular complexity index is 995. The molecule has 1 fully saturated rings. The molecule has 4 rings (SSSR count). The smallest absolute Gasteiger partial charge is 0.223 e. The monoisotopic (exact) mass is 408 g/mol. The lowest BCUT2D eigenvalue weighted by Gasteiger charge is -2.32. The summed E-state index contributed by atoms with van der Waals surface area (Å²) in [5.41, 5.74) is 3.07. The van der Waals surface area contributed by atoms with Crippen molar-refractivity contribution in [2.45, 2.75) is 26.7 Å². The summed E-state index contributed by atoms with van der Waals surface area (Å²) < 4.78 is 1.43. The van der Waals surface area contributed by atoms with Crippen molar-refractivity contribution < 1.29 is 4.79 Å². The summed E-state index contributed by atoms with van der Waals surface area (Å²) >= 11 is 0. The van der Waals surface area contributed by atoms with Gasteiger partial charge >= 0.3 is 0 Å². The fourth-order valence-corrected chi connectivity index (χ4v) is 3.93. The van der Waals surface area contributed by atoms with Gasteiger partial charge in [-0.05, 0) is 66.9 Å². The second-order valence-corrected chi connectivity index (χ2v) is 7.69. The average Bonchev–Trinajstić information content (AvgIpc) is 3.24. The van der Waals surface area contributed by atoms with Gasteiger partial charge in [0, 0.05) is 44.3 Å². The van der Waals surface area contributed by atoms with Crippen LogP contribution in [0.2, 0.25) is 0 Å². The molecule has 1 saturated heterocycles. The quantitative estimate of drug-likeness (QED) is 0.636. The molecule has 1 aliphatic rings. The summed E-state index contributed by atoms with van der Waals surface area (Å²) in [6, 6.07) is 12.3. The number of amides is 1. The van der Waals surface area contributed by atoms with Crippen LogP contribution < -0.4 is 15.1 Å². The molecular formula is C21H28N8O. The average molecular weight is 409 g/mol. The summed E-state index contributed by atoms with van der Waals surface area (Å²) in [5.74, 6) is 1.04. The molecular weight excluding hydrogens is 380 g/mol. The largest absolute Gasteiger partial charge is 0.370 e. The molecule has 0 saturated carbocycles. The van der Waals surface area contributed by atoms with E-state index in [2.05, 4.69) is 73.9 Å². The van der Waals surface area contributed by atoms with Gasteiger partial charge in [-0.2, -0.15) is 0 Å². The van der Waals surface area contributed by atoms with Gasteiger partial charge in [0.2, 0.25) is 5.91 Å². The Labute approximate surface area is 176 Å². The number of hydrogen-bond acceptors (Lipinski definition) is 7. The van der Waals surface area contributed by atoms with Gasteiger partial charge < -0.3 is 15.1 Å². The van der Waals surface area contributed by atoms with Crippen LogP contribution >= 0.6 is 0 Å². The number of carbonyl (C=O) groups is 1. The predicted octanol–water partition coefficient (Wildman–Crippen LogP) is 1.69. The van der Waals surface area contributed by atoms with Crippen LogP contribution in [0.4, 0.5) is 11.5 Å². The van der Waals surface area contributed by atoms with Crippen molar-refractivity contribution in [1.82, 2.24) is 30.6 Å². The molecule has 0 radical (unpaired) electrons. The molecule has 1 N–H and O–H groups in total. The first-order chi connectivity index (χ1) is 14.6. The van der Waals surface area contributed by atoms with E-state index in [0.29, 0.717) is 12.2 Å². The molecule has 3 aromatic rings. The number of nitrogens with zero attached hydrogens (tertiary/aromatic N) is 7. The molecule has 1 aromatic carbocycles. The Balaban J connectivity index is 1.25. The zero-order valence-electron chi connectivity index (χ0n) is 17.5. The van der Waals surface area contributed by atoms with Crippen LogP contribution in [0.5, 0.6) is 0 Å². The van der Waals surface area contributed by atoms with Crippen LogP contribution in [0.25, 0.3) is 5.65 Å². The molecule has 0 spiro atoms. The maximum atomic E-state index is 12.6. The van der Waals surface area contributed by atoms with Gasteiger partial charge in [0.1, 0.15) is 0 Å². The molecule has 1 aliphatic heterocycles. The number of carbonyl (C=O) groups excluding carboxylic acids is 1. The van der Waals surface area contributed by atoms with Gasteiger partial charge in [-0.25, -0.2) is 0 Å². The number of aryl methyl sites for hydroxylation is 1. The zero-order chi connectivity index (χ0) is 20.9. The molecule has 9 heteroatoms. The lowest BCUT2D eigenvalue weighted by atomic mass is 9.96. The fraction of sp³-hybridized carbons (Fsp3) is 0.476. The Kier molecular flexibility index (Phi) is 6.06. The van der Waals surface area contributed by atoms with Gasteiger partial charge in [-0.15, -0.1) is 14.8 Å². The number of rotatable bonds is 7. The van der Waals surface area contributed by atoms with E-state index >= 15 is 0 Å². The first-order valence-electron chi connectivity index (χ1n) is 10.5. The maximum Gasteiger partial charge on any atom is 0.223 e. The molecule has 3 heterocycles. The standard InChI is InChI=1S/C21H28N8O/c1-3-27(18-6-4-5-16(2)15-18)14-11-22-21(30)17-9-12-28(13-10-17)20-8-7-19-23-25-26-29(19)24-20/h4-8,15,17H,3,9-14H2,1-2H3,(H,22,30). The van der Waals surface area contributed by atoms with Crippen molar-refractivity contribution in [2.75, 3.05) is 42.5 Å². The van der Waals surface area contributed by atoms with E-state index in [-0.39, 0.29) is 11.8 Å². The van der Waals surface area contributed by atoms with Crippen LogP contribution in [0.3, 0.4) is 0 Å². The predicted molar refractivity (Wildman–Crippen MR) is 116 cm³/mol. The van der Waals surface area contributed by atoms with Crippen LogP contribution in [0, 0.1) is 12.8 Å². The minimum atomic E-state index is 0.0482. The van der Waals surface area contributed by atoms with E-state index in [4.69, 9.17) is 0 Å². The molecule has 0 aliphatic carbocycles. The maximum absolute atomic E-state index is 12.6. The highest BCUT2D eigenvalue weighted by Gasteiger charge is 2.25.